The Balaban J connectivity index is 2.27. The van der Waals surface area contributed by atoms with Crippen LogP contribution < -0.4 is 5.32 Å². The van der Waals surface area contributed by atoms with Gasteiger partial charge < -0.3 is 19.9 Å². The van der Waals surface area contributed by atoms with Crippen LogP contribution in [0.15, 0.2) is 66.7 Å². The summed E-state index contributed by atoms with van der Waals surface area (Å²) < 4.78 is 9.81. The minimum absolute atomic E-state index is 0.0869. The molecule has 0 unspecified atom stereocenters. The Morgan fingerprint density at radius 3 is 2.29 bits per heavy atom. The fraction of sp³-hybridized carbons (Fsp3) is 0.190. The van der Waals surface area contributed by atoms with E-state index in [1.165, 1.54) is 6.08 Å². The van der Waals surface area contributed by atoms with Crippen LogP contribution in [0.4, 0.5) is 0 Å². The predicted molar refractivity (Wildman–Crippen MR) is 102 cm³/mol. The molecule has 7 heteroatoms. The van der Waals surface area contributed by atoms with E-state index in [1.807, 2.05) is 12.1 Å². The number of ether oxygens (including phenoxy) is 2. The Hall–Kier alpha value is -3.45. The number of hydrogen-bond donors (Lipinski definition) is 2. The van der Waals surface area contributed by atoms with Crippen molar-refractivity contribution in [2.24, 2.45) is 0 Å². The lowest BCUT2D eigenvalue weighted by atomic mass is 9.92. The molecule has 0 aliphatic carbocycles. The molecule has 2 rings (SSSR count). The Morgan fingerprint density at radius 2 is 1.71 bits per heavy atom. The van der Waals surface area contributed by atoms with Gasteiger partial charge in [0.25, 0.3) is 0 Å². The number of hydrogen-bond acceptors (Lipinski definition) is 6. The molecule has 2 atom stereocenters. The average Bonchev–Trinajstić information content (AvgIpc) is 2.75. The van der Waals surface area contributed by atoms with Crippen LogP contribution in [-0.2, 0) is 30.5 Å². The SMILES string of the molecule is COC(=O)[C@](O)(/C=C/c1ccccc1)[C@@H](NC=O)C(=O)OCc1ccccc1. The molecule has 2 aromatic rings. The monoisotopic (exact) mass is 383 g/mol. The summed E-state index contributed by atoms with van der Waals surface area (Å²) in [6, 6.07) is 16.0. The highest BCUT2D eigenvalue weighted by molar-refractivity contribution is 5.93. The van der Waals surface area contributed by atoms with E-state index < -0.39 is 23.6 Å². The van der Waals surface area contributed by atoms with Crippen molar-refractivity contribution in [2.75, 3.05) is 7.11 Å². The van der Waals surface area contributed by atoms with Gasteiger partial charge >= 0.3 is 11.9 Å². The molecule has 28 heavy (non-hydrogen) atoms. The predicted octanol–water partition coefficient (Wildman–Crippen LogP) is 1.46. The van der Waals surface area contributed by atoms with E-state index in [2.05, 4.69) is 10.1 Å². The highest BCUT2D eigenvalue weighted by atomic mass is 16.6. The molecule has 0 radical (unpaired) electrons. The van der Waals surface area contributed by atoms with E-state index in [0.717, 1.165) is 13.2 Å². The smallest absolute Gasteiger partial charge is 0.344 e. The summed E-state index contributed by atoms with van der Waals surface area (Å²) in [5.41, 5.74) is -1.08. The van der Waals surface area contributed by atoms with Gasteiger partial charge in [0.05, 0.1) is 7.11 Å². The van der Waals surface area contributed by atoms with Crippen molar-refractivity contribution in [1.29, 1.82) is 0 Å². The van der Waals surface area contributed by atoms with Gasteiger partial charge in [-0.25, -0.2) is 9.59 Å². The number of esters is 2. The Labute approximate surface area is 162 Å². The van der Waals surface area contributed by atoms with Gasteiger partial charge in [0.15, 0.2) is 6.04 Å². The van der Waals surface area contributed by atoms with E-state index in [1.54, 1.807) is 48.5 Å². The molecule has 0 spiro atoms. The van der Waals surface area contributed by atoms with Gasteiger partial charge in [0, 0.05) is 0 Å². The minimum atomic E-state index is -2.46. The van der Waals surface area contributed by atoms with Gasteiger partial charge in [-0.3, -0.25) is 4.79 Å². The molecule has 146 valence electrons. The highest BCUT2D eigenvalue weighted by Gasteiger charge is 2.48. The van der Waals surface area contributed by atoms with E-state index in [0.29, 0.717) is 11.1 Å². The summed E-state index contributed by atoms with van der Waals surface area (Å²) in [5, 5.41) is 13.1. The Kier molecular flexibility index (Phi) is 7.47. The van der Waals surface area contributed by atoms with Gasteiger partial charge in [0.1, 0.15) is 6.61 Å². The molecule has 0 saturated carbocycles. The minimum Gasteiger partial charge on any atom is -0.467 e. The van der Waals surface area contributed by atoms with Crippen LogP contribution in [0.5, 0.6) is 0 Å². The van der Waals surface area contributed by atoms with Crippen molar-refractivity contribution in [3.63, 3.8) is 0 Å². The van der Waals surface area contributed by atoms with E-state index in [9.17, 15) is 19.5 Å². The van der Waals surface area contributed by atoms with Crippen LogP contribution in [0.1, 0.15) is 11.1 Å². The zero-order chi connectivity index (χ0) is 20.4. The summed E-state index contributed by atoms with van der Waals surface area (Å²) in [6.45, 7) is -0.0869. The van der Waals surface area contributed by atoms with Crippen LogP contribution >= 0.6 is 0 Å². The topological polar surface area (TPSA) is 102 Å². The lowest BCUT2D eigenvalue weighted by Gasteiger charge is -2.29. The second kappa shape index (κ2) is 10.0. The summed E-state index contributed by atoms with van der Waals surface area (Å²) in [7, 11) is 1.07. The number of benzene rings is 2. The molecule has 1 amide bonds. The van der Waals surface area contributed by atoms with Crippen molar-refractivity contribution in [3.8, 4) is 0 Å². The first-order valence-electron chi connectivity index (χ1n) is 8.46. The van der Waals surface area contributed by atoms with Crippen LogP contribution in [-0.4, -0.2) is 42.2 Å². The molecule has 0 heterocycles. The molecule has 0 aromatic heterocycles. The van der Waals surface area contributed by atoms with E-state index >= 15 is 0 Å². The fourth-order valence-electron chi connectivity index (χ4n) is 2.49. The number of rotatable bonds is 9. The normalized spacial score (nSPS) is 13.9. The number of nitrogens with one attached hydrogen (secondary N) is 1. The van der Waals surface area contributed by atoms with E-state index in [-0.39, 0.29) is 13.0 Å². The van der Waals surface area contributed by atoms with Crippen molar-refractivity contribution in [3.05, 3.63) is 77.9 Å². The maximum Gasteiger partial charge on any atom is 0.344 e. The van der Waals surface area contributed by atoms with Gasteiger partial charge in [-0.15, -0.1) is 0 Å². The fourth-order valence-corrected chi connectivity index (χ4v) is 2.49. The summed E-state index contributed by atoms with van der Waals surface area (Å²) in [6.07, 6.45) is 2.75. The molecule has 0 aliphatic heterocycles. The highest BCUT2D eigenvalue weighted by Crippen LogP contribution is 2.19. The Morgan fingerprint density at radius 1 is 1.11 bits per heavy atom. The molecular formula is C21H21NO6. The van der Waals surface area contributed by atoms with Gasteiger partial charge in [0.2, 0.25) is 12.0 Å². The number of carbonyl (C=O) groups is 3. The first-order valence-corrected chi connectivity index (χ1v) is 8.46. The maximum atomic E-state index is 12.5. The van der Waals surface area contributed by atoms with Gasteiger partial charge in [-0.1, -0.05) is 66.7 Å². The molecular weight excluding hydrogens is 362 g/mol. The quantitative estimate of drug-likeness (QED) is 0.502. The van der Waals surface area contributed by atoms with Crippen LogP contribution in [0, 0.1) is 0 Å². The third-order valence-electron chi connectivity index (χ3n) is 3.98. The van der Waals surface area contributed by atoms with Crippen molar-refractivity contribution in [2.45, 2.75) is 18.2 Å². The van der Waals surface area contributed by atoms with E-state index in [4.69, 9.17) is 4.74 Å². The van der Waals surface area contributed by atoms with Crippen molar-refractivity contribution in [1.82, 2.24) is 5.32 Å². The lowest BCUT2D eigenvalue weighted by Crippen LogP contribution is -2.59. The van der Waals surface area contributed by atoms with Gasteiger partial charge in [-0.2, -0.15) is 0 Å². The lowest BCUT2D eigenvalue weighted by molar-refractivity contribution is -0.169. The molecule has 2 aromatic carbocycles. The molecule has 0 fully saturated rings. The number of methoxy groups -OCH3 is 1. The number of aliphatic hydroxyl groups is 1. The first kappa shape index (κ1) is 20.9. The molecule has 2 N–H and O–H groups in total. The summed E-state index contributed by atoms with van der Waals surface area (Å²) in [5.74, 6) is -2.10. The molecule has 0 aliphatic rings. The second-order valence-electron chi connectivity index (χ2n) is 5.87. The third kappa shape index (κ3) is 5.28. The first-order chi connectivity index (χ1) is 13.5. The average molecular weight is 383 g/mol. The zero-order valence-corrected chi connectivity index (χ0v) is 15.3. The molecule has 0 bridgehead atoms. The van der Waals surface area contributed by atoms with Crippen molar-refractivity contribution >= 4 is 24.4 Å². The van der Waals surface area contributed by atoms with Crippen LogP contribution in [0.3, 0.4) is 0 Å². The van der Waals surface area contributed by atoms with Crippen molar-refractivity contribution < 1.29 is 29.0 Å². The summed E-state index contributed by atoms with van der Waals surface area (Å²) in [4.78, 5) is 35.8. The zero-order valence-electron chi connectivity index (χ0n) is 15.3. The molecule has 7 nitrogen and oxygen atoms in total. The second-order valence-corrected chi connectivity index (χ2v) is 5.87. The van der Waals surface area contributed by atoms with Gasteiger partial charge in [-0.05, 0) is 17.2 Å². The Bertz CT molecular complexity index is 821. The standard InChI is InChI=1S/C21H21NO6/c1-27-20(25)21(26,13-12-16-8-4-2-5-9-16)18(22-15-23)19(24)28-14-17-10-6-3-7-11-17/h2-13,15,18,26H,14H2,1H3,(H,22,23)/b13-12+/t18-,21-/m0/s1. The number of carbonyl (C=O) groups excluding carboxylic acids is 3. The summed E-state index contributed by atoms with van der Waals surface area (Å²) >= 11 is 0. The third-order valence-corrected chi connectivity index (χ3v) is 3.98. The van der Waals surface area contributed by atoms with Crippen LogP contribution in [0.2, 0.25) is 0 Å². The maximum absolute atomic E-state index is 12.5. The van der Waals surface area contributed by atoms with Crippen LogP contribution in [0.25, 0.3) is 6.08 Å². The largest absolute Gasteiger partial charge is 0.467 e. The molecule has 0 saturated heterocycles. The number of amides is 1.